The molecule has 4 heterocycles. The summed E-state index contributed by atoms with van der Waals surface area (Å²) in [4.78, 5) is 30.8. The molecular formula is C26H25F3N8OS. The predicted octanol–water partition coefficient (Wildman–Crippen LogP) is 3.55. The van der Waals surface area contributed by atoms with E-state index >= 15 is 0 Å². The Kier molecular flexibility index (Phi) is 6.22. The molecule has 13 heteroatoms. The normalized spacial score (nSPS) is 18.6. The Morgan fingerprint density at radius 2 is 1.85 bits per heavy atom. The minimum atomic E-state index is -4.61. The summed E-state index contributed by atoms with van der Waals surface area (Å²) < 4.78 is 41.8. The lowest BCUT2D eigenvalue weighted by molar-refractivity contribution is -0.143. The molecule has 1 atom stereocenters. The highest BCUT2D eigenvalue weighted by molar-refractivity contribution is 7.99. The number of primary amides is 1. The van der Waals surface area contributed by atoms with E-state index in [-0.39, 0.29) is 33.7 Å². The highest BCUT2D eigenvalue weighted by Crippen LogP contribution is 2.46. The van der Waals surface area contributed by atoms with Gasteiger partial charge in [-0.1, -0.05) is 36.0 Å². The first-order valence-electron chi connectivity index (χ1n) is 12.4. The number of pyridine rings is 1. The SMILES string of the molecule is NC(=O)Cn1c(N2CCC3(Cc4ccccc4C3)CC2N)nc2nc(Sc3cccnc3C(F)(F)F)cnc21. The second-order valence-corrected chi connectivity index (χ2v) is 11.2. The van der Waals surface area contributed by atoms with E-state index < -0.39 is 17.8 Å². The molecule has 6 rings (SSSR count). The third-order valence-corrected chi connectivity index (χ3v) is 8.37. The van der Waals surface area contributed by atoms with Crippen LogP contribution >= 0.6 is 11.8 Å². The third kappa shape index (κ3) is 4.80. The van der Waals surface area contributed by atoms with Crippen LogP contribution in [0, 0.1) is 5.41 Å². The lowest BCUT2D eigenvalue weighted by Crippen LogP contribution is -2.53. The minimum absolute atomic E-state index is 0.0698. The molecule has 2 aliphatic rings. The number of rotatable bonds is 5. The number of benzene rings is 1. The number of carbonyl (C=O) groups is 1. The molecule has 1 aliphatic heterocycles. The van der Waals surface area contributed by atoms with E-state index in [0.717, 1.165) is 43.6 Å². The van der Waals surface area contributed by atoms with Crippen molar-refractivity contribution in [3.63, 3.8) is 0 Å². The molecule has 1 aromatic carbocycles. The lowest BCUT2D eigenvalue weighted by Gasteiger charge is -2.44. The van der Waals surface area contributed by atoms with Gasteiger partial charge in [-0.3, -0.25) is 14.3 Å². The van der Waals surface area contributed by atoms with Gasteiger partial charge < -0.3 is 16.4 Å². The molecule has 39 heavy (non-hydrogen) atoms. The van der Waals surface area contributed by atoms with Gasteiger partial charge in [-0.2, -0.15) is 18.2 Å². The average molecular weight is 555 g/mol. The number of amides is 1. The summed E-state index contributed by atoms with van der Waals surface area (Å²) in [5, 5.41) is 0.210. The molecule has 1 spiro atoms. The van der Waals surface area contributed by atoms with Crippen molar-refractivity contribution in [2.75, 3.05) is 11.4 Å². The number of hydrogen-bond donors (Lipinski definition) is 2. The van der Waals surface area contributed by atoms with Gasteiger partial charge in [0.1, 0.15) is 11.6 Å². The molecule has 0 bridgehead atoms. The van der Waals surface area contributed by atoms with Gasteiger partial charge in [0.05, 0.1) is 12.4 Å². The van der Waals surface area contributed by atoms with Crippen molar-refractivity contribution in [2.45, 2.75) is 54.5 Å². The zero-order valence-corrected chi connectivity index (χ0v) is 21.5. The Balaban J connectivity index is 1.31. The van der Waals surface area contributed by atoms with Crippen LogP contribution in [-0.4, -0.2) is 43.1 Å². The second-order valence-electron chi connectivity index (χ2n) is 10.1. The van der Waals surface area contributed by atoms with Crippen LogP contribution in [0.5, 0.6) is 0 Å². The van der Waals surface area contributed by atoms with Gasteiger partial charge in [-0.25, -0.2) is 9.97 Å². The fraction of sp³-hybridized carbons (Fsp3) is 0.346. The van der Waals surface area contributed by atoms with Gasteiger partial charge in [0.25, 0.3) is 0 Å². The summed E-state index contributed by atoms with van der Waals surface area (Å²) in [5.41, 5.74) is 14.5. The number of carbonyl (C=O) groups excluding carboxylic acids is 1. The van der Waals surface area contributed by atoms with Crippen molar-refractivity contribution in [2.24, 2.45) is 16.9 Å². The fourth-order valence-electron chi connectivity index (χ4n) is 5.76. The zero-order valence-electron chi connectivity index (χ0n) is 20.7. The molecule has 1 aliphatic carbocycles. The van der Waals surface area contributed by atoms with Gasteiger partial charge in [0.15, 0.2) is 17.0 Å². The summed E-state index contributed by atoms with van der Waals surface area (Å²) >= 11 is 0.792. The number of imidazole rings is 1. The molecule has 9 nitrogen and oxygen atoms in total. The number of nitrogens with zero attached hydrogens (tertiary/aromatic N) is 6. The highest BCUT2D eigenvalue weighted by atomic mass is 32.2. The van der Waals surface area contributed by atoms with Crippen molar-refractivity contribution in [1.82, 2.24) is 24.5 Å². The van der Waals surface area contributed by atoms with Gasteiger partial charge in [0.2, 0.25) is 11.9 Å². The van der Waals surface area contributed by atoms with Crippen LogP contribution in [-0.2, 0) is 30.4 Å². The van der Waals surface area contributed by atoms with Crippen molar-refractivity contribution in [3.8, 4) is 0 Å². The Labute approximate surface area is 225 Å². The van der Waals surface area contributed by atoms with Crippen LogP contribution in [0.2, 0.25) is 0 Å². The minimum Gasteiger partial charge on any atom is -0.368 e. The number of aromatic nitrogens is 5. The highest BCUT2D eigenvalue weighted by Gasteiger charge is 2.44. The number of halogens is 3. The first-order chi connectivity index (χ1) is 18.6. The van der Waals surface area contributed by atoms with Gasteiger partial charge in [-0.15, -0.1) is 0 Å². The van der Waals surface area contributed by atoms with Crippen LogP contribution in [0.3, 0.4) is 0 Å². The molecule has 202 valence electrons. The van der Waals surface area contributed by atoms with E-state index in [0.29, 0.717) is 18.1 Å². The zero-order chi connectivity index (χ0) is 27.4. The first kappa shape index (κ1) is 25.6. The average Bonchev–Trinajstić information content (AvgIpc) is 3.40. The monoisotopic (exact) mass is 554 g/mol. The van der Waals surface area contributed by atoms with E-state index in [4.69, 9.17) is 11.5 Å². The molecule has 4 N–H and O–H groups in total. The standard InChI is InChI=1S/C26H25F3N8OS/c27-26(28,29)21-17(6-3-8-32-21)39-20-13-33-23-22(34-20)35-24(37(23)14-19(31)38)36-9-7-25(12-18(36)30)10-15-4-1-2-5-16(15)11-25/h1-6,8,13,18H,7,9-12,14,30H2,(H2,31,38). The largest absolute Gasteiger partial charge is 0.434 e. The quantitative estimate of drug-likeness (QED) is 0.383. The van der Waals surface area contributed by atoms with Gasteiger partial charge >= 0.3 is 6.18 Å². The van der Waals surface area contributed by atoms with Crippen LogP contribution in [0.15, 0.2) is 58.7 Å². The topological polar surface area (TPSA) is 129 Å². The number of fused-ring (bicyclic) bond motifs is 2. The third-order valence-electron chi connectivity index (χ3n) is 7.42. The molecule has 4 aromatic rings. The van der Waals surface area contributed by atoms with Crippen molar-refractivity contribution in [3.05, 3.63) is 65.6 Å². The van der Waals surface area contributed by atoms with Crippen molar-refractivity contribution >= 4 is 34.9 Å². The van der Waals surface area contributed by atoms with Crippen molar-refractivity contribution < 1.29 is 18.0 Å². The molecule has 1 amide bonds. The Morgan fingerprint density at radius 1 is 1.10 bits per heavy atom. The maximum Gasteiger partial charge on any atom is 0.434 e. The Morgan fingerprint density at radius 3 is 2.51 bits per heavy atom. The van der Waals surface area contributed by atoms with E-state index in [1.807, 2.05) is 4.90 Å². The number of alkyl halides is 3. The van der Waals surface area contributed by atoms with E-state index in [9.17, 15) is 18.0 Å². The molecule has 0 saturated carbocycles. The summed E-state index contributed by atoms with van der Waals surface area (Å²) in [6.45, 7) is 0.428. The Bertz CT molecular complexity index is 1550. The first-order valence-corrected chi connectivity index (χ1v) is 13.2. The van der Waals surface area contributed by atoms with Crippen LogP contribution in [0.4, 0.5) is 19.1 Å². The number of anilines is 1. The van der Waals surface area contributed by atoms with Gasteiger partial charge in [0, 0.05) is 17.6 Å². The second kappa shape index (κ2) is 9.49. The van der Waals surface area contributed by atoms with Crippen LogP contribution in [0.1, 0.15) is 29.7 Å². The molecule has 0 radical (unpaired) electrons. The van der Waals surface area contributed by atoms with E-state index in [1.165, 1.54) is 29.5 Å². The predicted molar refractivity (Wildman–Crippen MR) is 139 cm³/mol. The summed E-state index contributed by atoms with van der Waals surface area (Å²) in [7, 11) is 0. The number of nitrogens with two attached hydrogens (primary N) is 2. The number of hydrogen-bond acceptors (Lipinski definition) is 8. The summed E-state index contributed by atoms with van der Waals surface area (Å²) in [6.07, 6.45) is 1.04. The molecule has 1 saturated heterocycles. The summed E-state index contributed by atoms with van der Waals surface area (Å²) in [6, 6.07) is 11.2. The lowest BCUT2D eigenvalue weighted by atomic mass is 9.75. The van der Waals surface area contributed by atoms with Gasteiger partial charge in [-0.05, 0) is 54.4 Å². The van der Waals surface area contributed by atoms with E-state index in [2.05, 4.69) is 44.2 Å². The maximum atomic E-state index is 13.4. The molecular weight excluding hydrogens is 529 g/mol. The van der Waals surface area contributed by atoms with Crippen molar-refractivity contribution in [1.29, 1.82) is 0 Å². The fourth-order valence-corrected chi connectivity index (χ4v) is 6.64. The smallest absolute Gasteiger partial charge is 0.368 e. The molecule has 1 fully saturated rings. The molecule has 3 aromatic heterocycles. The maximum absolute atomic E-state index is 13.4. The summed E-state index contributed by atoms with van der Waals surface area (Å²) in [5.74, 6) is -0.171. The van der Waals surface area contributed by atoms with E-state index in [1.54, 1.807) is 4.57 Å². The molecule has 1 unspecified atom stereocenters. The number of piperidine rings is 1. The van der Waals surface area contributed by atoms with Crippen LogP contribution < -0.4 is 16.4 Å². The van der Waals surface area contributed by atoms with Crippen LogP contribution in [0.25, 0.3) is 11.3 Å². The Hall–Kier alpha value is -3.71.